The fourth-order valence-corrected chi connectivity index (χ4v) is 6.50. The molecular weight excluding hydrogens is 500 g/mol. The Morgan fingerprint density at radius 1 is 1.13 bits per heavy atom. The fraction of sp³-hybridized carbons (Fsp3) is 0.400. The van der Waals surface area contributed by atoms with Crippen LogP contribution in [0.1, 0.15) is 44.6 Å². The summed E-state index contributed by atoms with van der Waals surface area (Å²) in [6, 6.07) is 13.1. The van der Waals surface area contributed by atoms with Gasteiger partial charge in [0.25, 0.3) is 0 Å². The number of aliphatic hydroxyl groups is 1. The highest BCUT2D eigenvalue weighted by molar-refractivity contribution is 6.43. The third kappa shape index (κ3) is 5.31. The van der Waals surface area contributed by atoms with Crippen LogP contribution in [0, 0.1) is 23.6 Å². The van der Waals surface area contributed by atoms with Crippen molar-refractivity contribution in [3.8, 4) is 5.75 Å². The Kier molecular flexibility index (Phi) is 8.02. The first-order valence-corrected chi connectivity index (χ1v) is 13.6. The molecule has 0 aromatic heterocycles. The van der Waals surface area contributed by atoms with E-state index in [1.54, 1.807) is 30.3 Å². The quantitative estimate of drug-likeness (QED) is 0.262. The molecule has 9 heteroatoms. The zero-order chi connectivity index (χ0) is 27.7. The molecule has 0 bridgehead atoms. The minimum atomic E-state index is -1.10. The van der Waals surface area contributed by atoms with E-state index in [9.17, 15) is 29.2 Å². The first-order valence-electron chi connectivity index (χ1n) is 13.6. The topological polar surface area (TPSA) is 107 Å². The van der Waals surface area contributed by atoms with Crippen molar-refractivity contribution in [1.29, 1.82) is 0 Å². The summed E-state index contributed by atoms with van der Waals surface area (Å²) in [5.41, 5.74) is 3.76. The Balaban J connectivity index is 1.42. The van der Waals surface area contributed by atoms with E-state index in [2.05, 4.69) is 6.92 Å². The van der Waals surface area contributed by atoms with Gasteiger partial charge in [-0.1, -0.05) is 49.3 Å². The van der Waals surface area contributed by atoms with Gasteiger partial charge in [-0.15, -0.1) is 0 Å². The molecule has 3 N–H and O–H groups in total. The van der Waals surface area contributed by atoms with Gasteiger partial charge in [-0.05, 0) is 78.9 Å². The molecule has 2 amide bonds. The monoisotopic (exact) mass is 533 g/mol. The van der Waals surface area contributed by atoms with E-state index in [1.165, 1.54) is 17.0 Å². The predicted octanol–water partition coefficient (Wildman–Crippen LogP) is 4.49. The largest absolute Gasteiger partial charge is 0.505 e. The zero-order valence-corrected chi connectivity index (χ0v) is 21.9. The van der Waals surface area contributed by atoms with Crippen molar-refractivity contribution < 1.29 is 33.9 Å². The summed E-state index contributed by atoms with van der Waals surface area (Å²) in [5, 5.41) is 30.5. The van der Waals surface area contributed by atoms with E-state index < -0.39 is 42.5 Å². The van der Waals surface area contributed by atoms with Crippen molar-refractivity contribution in [2.75, 3.05) is 11.5 Å². The number of nitrogens with zero attached hydrogens (tertiary/aromatic N) is 1. The first kappa shape index (κ1) is 27.3. The van der Waals surface area contributed by atoms with Crippen molar-refractivity contribution in [3.05, 3.63) is 76.6 Å². The SMILES string of the molecule is CCC/C(=C\c1ccc(O)c(F)c1)CC[C@H]1OB(O)C[C@H]2C1=C(CO)C[C@H]1C(=O)N(c3ccccc3)C(=O)[C@H]12. The average molecular weight is 533 g/mol. The molecule has 2 aromatic rings. The molecule has 0 spiro atoms. The van der Waals surface area contributed by atoms with Gasteiger partial charge in [-0.25, -0.2) is 4.39 Å². The molecule has 2 heterocycles. The minimum absolute atomic E-state index is 0.183. The van der Waals surface area contributed by atoms with Crippen molar-refractivity contribution in [2.24, 2.45) is 17.8 Å². The van der Waals surface area contributed by atoms with E-state index in [4.69, 9.17) is 4.65 Å². The lowest BCUT2D eigenvalue weighted by Crippen LogP contribution is -2.46. The van der Waals surface area contributed by atoms with Crippen molar-refractivity contribution in [2.45, 2.75) is 51.5 Å². The lowest BCUT2D eigenvalue weighted by molar-refractivity contribution is -0.122. The molecule has 7 nitrogen and oxygen atoms in total. The third-order valence-corrected chi connectivity index (χ3v) is 8.15. The number of aromatic hydroxyl groups is 1. The maximum Gasteiger partial charge on any atom is 0.455 e. The number of hydrogen-bond donors (Lipinski definition) is 3. The number of anilines is 1. The predicted molar refractivity (Wildman–Crippen MR) is 146 cm³/mol. The van der Waals surface area contributed by atoms with E-state index in [0.717, 1.165) is 24.0 Å². The molecule has 2 saturated heterocycles. The van der Waals surface area contributed by atoms with Crippen LogP contribution >= 0.6 is 0 Å². The fourth-order valence-electron chi connectivity index (χ4n) is 6.50. The molecule has 1 aliphatic carbocycles. The Morgan fingerprint density at radius 2 is 1.90 bits per heavy atom. The number of amides is 2. The number of fused-ring (bicyclic) bond motifs is 3. The number of rotatable bonds is 8. The number of halogens is 1. The Morgan fingerprint density at radius 3 is 2.59 bits per heavy atom. The molecule has 0 unspecified atom stereocenters. The number of para-hydroxylation sites is 1. The summed E-state index contributed by atoms with van der Waals surface area (Å²) in [5.74, 6) is -3.23. The highest BCUT2D eigenvalue weighted by Gasteiger charge is 2.57. The van der Waals surface area contributed by atoms with Crippen molar-refractivity contribution in [1.82, 2.24) is 0 Å². The van der Waals surface area contributed by atoms with Crippen LogP contribution in [0.3, 0.4) is 0 Å². The van der Waals surface area contributed by atoms with Gasteiger partial charge in [0.05, 0.1) is 30.2 Å². The molecule has 39 heavy (non-hydrogen) atoms. The van der Waals surface area contributed by atoms with Gasteiger partial charge in [0, 0.05) is 0 Å². The number of carbonyl (C=O) groups is 2. The minimum Gasteiger partial charge on any atom is -0.505 e. The summed E-state index contributed by atoms with van der Waals surface area (Å²) in [7, 11) is -1.10. The van der Waals surface area contributed by atoms with Gasteiger partial charge in [-0.3, -0.25) is 14.5 Å². The van der Waals surface area contributed by atoms with Crippen LogP contribution in [-0.4, -0.2) is 46.9 Å². The van der Waals surface area contributed by atoms with Gasteiger partial charge < -0.3 is 19.9 Å². The normalized spacial score (nSPS) is 25.3. The summed E-state index contributed by atoms with van der Waals surface area (Å²) in [6.07, 6.45) is 4.59. The van der Waals surface area contributed by atoms with Gasteiger partial charge in [0.15, 0.2) is 11.6 Å². The molecule has 0 saturated carbocycles. The second-order valence-corrected chi connectivity index (χ2v) is 10.6. The lowest BCUT2D eigenvalue weighted by atomic mass is 9.58. The van der Waals surface area contributed by atoms with Gasteiger partial charge >= 0.3 is 7.12 Å². The number of allylic oxidation sites excluding steroid dienone is 1. The van der Waals surface area contributed by atoms with E-state index in [0.29, 0.717) is 29.7 Å². The Bertz CT molecular complexity index is 1310. The second kappa shape index (κ2) is 11.5. The van der Waals surface area contributed by atoms with Crippen LogP contribution in [0.4, 0.5) is 10.1 Å². The number of benzene rings is 2. The van der Waals surface area contributed by atoms with E-state index >= 15 is 0 Å². The standard InChI is InChI=1S/C30H33BFNO6/c1-2-6-18(13-19-9-11-25(35)24(32)14-19)10-12-26-27-20(17-34)15-22-28(23(27)16-31(38)39-26)30(37)33(29(22)36)21-7-4-3-5-8-21/h3-5,7-9,11,13-14,22-23,26,28,34-35,38H,2,6,10,12,15-17H2,1H3/b18-13+/t22-,23+,26-,28-/m1/s1. The van der Waals surface area contributed by atoms with E-state index in [-0.39, 0.29) is 31.2 Å². The smallest absolute Gasteiger partial charge is 0.455 e. The second-order valence-electron chi connectivity index (χ2n) is 10.6. The number of hydrogen-bond acceptors (Lipinski definition) is 6. The van der Waals surface area contributed by atoms with Crippen LogP contribution in [0.2, 0.25) is 6.32 Å². The molecule has 3 aliphatic rings. The number of phenolic OH excluding ortho intramolecular Hbond substituents is 1. The number of carbonyl (C=O) groups excluding carboxylic acids is 2. The molecule has 2 fully saturated rings. The molecule has 0 radical (unpaired) electrons. The molecule has 2 aromatic carbocycles. The summed E-state index contributed by atoms with van der Waals surface area (Å²) in [6.45, 7) is 1.80. The maximum absolute atomic E-state index is 13.9. The summed E-state index contributed by atoms with van der Waals surface area (Å²) in [4.78, 5) is 28.3. The Hall–Kier alpha value is -3.27. The van der Waals surface area contributed by atoms with Crippen LogP contribution < -0.4 is 4.90 Å². The van der Waals surface area contributed by atoms with Crippen LogP contribution in [0.15, 0.2) is 65.3 Å². The average Bonchev–Trinajstić information content (AvgIpc) is 3.18. The molecule has 204 valence electrons. The highest BCUT2D eigenvalue weighted by Crippen LogP contribution is 2.51. The number of imide groups is 1. The van der Waals surface area contributed by atoms with Gasteiger partial charge in [-0.2, -0.15) is 0 Å². The summed E-state index contributed by atoms with van der Waals surface area (Å²) >= 11 is 0. The lowest BCUT2D eigenvalue weighted by Gasteiger charge is -2.43. The highest BCUT2D eigenvalue weighted by atomic mass is 19.1. The third-order valence-electron chi connectivity index (χ3n) is 8.15. The van der Waals surface area contributed by atoms with Gasteiger partial charge in [0.2, 0.25) is 11.8 Å². The number of phenols is 1. The first-order chi connectivity index (χ1) is 18.8. The molecule has 2 aliphatic heterocycles. The van der Waals surface area contributed by atoms with Gasteiger partial charge in [0.1, 0.15) is 0 Å². The molecule has 4 atom stereocenters. The van der Waals surface area contributed by atoms with Crippen molar-refractivity contribution >= 4 is 30.7 Å². The number of aliphatic hydroxyl groups excluding tert-OH is 1. The van der Waals surface area contributed by atoms with Crippen molar-refractivity contribution in [3.63, 3.8) is 0 Å². The zero-order valence-electron chi connectivity index (χ0n) is 21.9. The summed E-state index contributed by atoms with van der Waals surface area (Å²) < 4.78 is 19.9. The van der Waals surface area contributed by atoms with Crippen LogP contribution in [-0.2, 0) is 14.2 Å². The maximum atomic E-state index is 13.9. The molecule has 5 rings (SSSR count). The van der Waals surface area contributed by atoms with E-state index in [1.807, 2.05) is 12.1 Å². The molecular formula is C30H33BFNO6. The Labute approximate surface area is 227 Å². The van der Waals surface area contributed by atoms with Crippen LogP contribution in [0.5, 0.6) is 5.75 Å². The van der Waals surface area contributed by atoms with Crippen LogP contribution in [0.25, 0.3) is 6.08 Å².